The van der Waals surface area contributed by atoms with E-state index >= 15 is 0 Å². The lowest BCUT2D eigenvalue weighted by Gasteiger charge is -1.97. The fraction of sp³-hybridized carbons (Fsp3) is 0.556. The normalized spacial score (nSPS) is 10.4. The largest absolute Gasteiger partial charge is 0.394 e. The molecule has 0 unspecified atom stereocenters. The van der Waals surface area contributed by atoms with Gasteiger partial charge in [-0.2, -0.15) is 0 Å². The van der Waals surface area contributed by atoms with Crippen LogP contribution in [-0.4, -0.2) is 33.3 Å². The van der Waals surface area contributed by atoms with Gasteiger partial charge in [0, 0.05) is 12.7 Å². The summed E-state index contributed by atoms with van der Waals surface area (Å²) >= 11 is 0. The molecule has 0 bridgehead atoms. The zero-order valence-corrected chi connectivity index (χ0v) is 8.19. The Morgan fingerprint density at radius 2 is 2.50 bits per heavy atom. The molecule has 0 amide bonds. The van der Waals surface area contributed by atoms with Crippen molar-refractivity contribution in [2.75, 3.05) is 13.2 Å². The summed E-state index contributed by atoms with van der Waals surface area (Å²) in [5.41, 5.74) is 0.891. The lowest BCUT2D eigenvalue weighted by Crippen LogP contribution is -2.14. The topological polar surface area (TPSA) is 63.0 Å². The monoisotopic (exact) mass is 196 g/mol. The second-order valence-electron chi connectivity index (χ2n) is 2.95. The fourth-order valence-corrected chi connectivity index (χ4v) is 1.05. The standard InChI is InChI=1S/C9H16N4O/c1-2-3-4-10-7-9-8-13(5-6-14)12-11-9/h2,8,10,14H,1,3-7H2. The Balaban J connectivity index is 2.25. The lowest BCUT2D eigenvalue weighted by atomic mass is 10.4. The lowest BCUT2D eigenvalue weighted by molar-refractivity contribution is 0.268. The van der Waals surface area contributed by atoms with Crippen molar-refractivity contribution in [3.05, 3.63) is 24.5 Å². The highest BCUT2D eigenvalue weighted by atomic mass is 16.3. The summed E-state index contributed by atoms with van der Waals surface area (Å²) in [6.45, 7) is 5.83. The van der Waals surface area contributed by atoms with Crippen molar-refractivity contribution < 1.29 is 5.11 Å². The maximum Gasteiger partial charge on any atom is 0.0964 e. The first-order valence-corrected chi connectivity index (χ1v) is 4.68. The van der Waals surface area contributed by atoms with Crippen LogP contribution in [0.1, 0.15) is 12.1 Å². The average molecular weight is 196 g/mol. The van der Waals surface area contributed by atoms with Crippen LogP contribution in [0.2, 0.25) is 0 Å². The van der Waals surface area contributed by atoms with Crippen molar-refractivity contribution in [2.24, 2.45) is 0 Å². The predicted octanol–water partition coefficient (Wildman–Crippen LogP) is -0.0639. The molecule has 2 N–H and O–H groups in total. The van der Waals surface area contributed by atoms with Crippen LogP contribution >= 0.6 is 0 Å². The van der Waals surface area contributed by atoms with Gasteiger partial charge in [0.25, 0.3) is 0 Å². The maximum atomic E-state index is 8.66. The van der Waals surface area contributed by atoms with Gasteiger partial charge in [0.05, 0.1) is 18.8 Å². The third-order valence-corrected chi connectivity index (χ3v) is 1.75. The summed E-state index contributed by atoms with van der Waals surface area (Å²) < 4.78 is 1.63. The Labute approximate surface area is 83.4 Å². The van der Waals surface area contributed by atoms with Gasteiger partial charge in [-0.05, 0) is 13.0 Å². The second-order valence-corrected chi connectivity index (χ2v) is 2.95. The summed E-state index contributed by atoms with van der Waals surface area (Å²) in [6, 6.07) is 0. The van der Waals surface area contributed by atoms with E-state index < -0.39 is 0 Å². The first kappa shape index (κ1) is 10.9. The molecule has 1 heterocycles. The zero-order chi connectivity index (χ0) is 10.2. The van der Waals surface area contributed by atoms with Crippen molar-refractivity contribution in [3.63, 3.8) is 0 Å². The first-order chi connectivity index (χ1) is 6.86. The number of hydrogen-bond donors (Lipinski definition) is 2. The van der Waals surface area contributed by atoms with E-state index in [-0.39, 0.29) is 6.61 Å². The van der Waals surface area contributed by atoms with Gasteiger partial charge >= 0.3 is 0 Å². The fourth-order valence-electron chi connectivity index (χ4n) is 1.05. The smallest absolute Gasteiger partial charge is 0.0964 e. The van der Waals surface area contributed by atoms with Crippen LogP contribution in [0.15, 0.2) is 18.9 Å². The molecule has 0 saturated carbocycles. The van der Waals surface area contributed by atoms with Gasteiger partial charge < -0.3 is 10.4 Å². The predicted molar refractivity (Wildman–Crippen MR) is 53.6 cm³/mol. The number of aliphatic hydroxyl groups is 1. The molecule has 14 heavy (non-hydrogen) atoms. The molecule has 0 aromatic carbocycles. The quantitative estimate of drug-likeness (QED) is 0.473. The van der Waals surface area contributed by atoms with E-state index in [0.717, 1.165) is 18.7 Å². The van der Waals surface area contributed by atoms with Crippen LogP contribution in [-0.2, 0) is 13.1 Å². The van der Waals surface area contributed by atoms with E-state index in [1.807, 2.05) is 12.3 Å². The summed E-state index contributed by atoms with van der Waals surface area (Å²) in [4.78, 5) is 0. The second kappa shape index (κ2) is 6.28. The molecule has 1 aromatic rings. The van der Waals surface area contributed by atoms with Crippen molar-refractivity contribution in [1.82, 2.24) is 20.3 Å². The van der Waals surface area contributed by atoms with E-state index in [0.29, 0.717) is 13.1 Å². The van der Waals surface area contributed by atoms with E-state index in [2.05, 4.69) is 22.2 Å². The van der Waals surface area contributed by atoms with Gasteiger partial charge in [-0.25, -0.2) is 4.68 Å². The number of aliphatic hydroxyl groups excluding tert-OH is 1. The average Bonchev–Trinajstić information content (AvgIpc) is 2.61. The summed E-state index contributed by atoms with van der Waals surface area (Å²) in [5.74, 6) is 0. The molecule has 0 aliphatic carbocycles. The Hall–Kier alpha value is -1.20. The highest BCUT2D eigenvalue weighted by Gasteiger charge is 1.98. The highest BCUT2D eigenvalue weighted by Crippen LogP contribution is 1.92. The molecule has 0 aliphatic heterocycles. The SMILES string of the molecule is C=CCCNCc1cn(CCO)nn1. The van der Waals surface area contributed by atoms with Crippen molar-refractivity contribution in [2.45, 2.75) is 19.5 Å². The van der Waals surface area contributed by atoms with Crippen molar-refractivity contribution >= 4 is 0 Å². The van der Waals surface area contributed by atoms with Gasteiger partial charge in [-0.15, -0.1) is 11.7 Å². The molecule has 5 heteroatoms. The Morgan fingerprint density at radius 1 is 1.64 bits per heavy atom. The van der Waals surface area contributed by atoms with Gasteiger partial charge in [0.15, 0.2) is 0 Å². The third kappa shape index (κ3) is 3.68. The van der Waals surface area contributed by atoms with Crippen molar-refractivity contribution in [1.29, 1.82) is 0 Å². The zero-order valence-electron chi connectivity index (χ0n) is 8.19. The Bertz CT molecular complexity index is 272. The first-order valence-electron chi connectivity index (χ1n) is 4.68. The molecule has 0 saturated heterocycles. The molecule has 5 nitrogen and oxygen atoms in total. The summed E-state index contributed by atoms with van der Waals surface area (Å²) in [7, 11) is 0. The maximum absolute atomic E-state index is 8.66. The van der Waals surface area contributed by atoms with Crippen LogP contribution in [0, 0.1) is 0 Å². The van der Waals surface area contributed by atoms with Crippen LogP contribution in [0.3, 0.4) is 0 Å². The molecule has 0 aliphatic rings. The van der Waals surface area contributed by atoms with Crippen LogP contribution in [0.25, 0.3) is 0 Å². The number of hydrogen-bond acceptors (Lipinski definition) is 4. The van der Waals surface area contributed by atoms with Gasteiger partial charge in [0.2, 0.25) is 0 Å². The minimum Gasteiger partial charge on any atom is -0.394 e. The van der Waals surface area contributed by atoms with Gasteiger partial charge in [0.1, 0.15) is 0 Å². The van der Waals surface area contributed by atoms with E-state index in [4.69, 9.17) is 5.11 Å². The number of rotatable bonds is 7. The van der Waals surface area contributed by atoms with E-state index in [9.17, 15) is 0 Å². The minimum absolute atomic E-state index is 0.0900. The third-order valence-electron chi connectivity index (χ3n) is 1.75. The Kier molecular flexibility index (Phi) is 4.88. The molecule has 0 atom stereocenters. The molecule has 78 valence electrons. The molecule has 0 fully saturated rings. The summed E-state index contributed by atoms with van der Waals surface area (Å²) in [6.07, 6.45) is 4.65. The number of nitrogens with one attached hydrogen (secondary N) is 1. The van der Waals surface area contributed by atoms with E-state index in [1.54, 1.807) is 4.68 Å². The van der Waals surface area contributed by atoms with Crippen LogP contribution in [0.4, 0.5) is 0 Å². The highest BCUT2D eigenvalue weighted by molar-refractivity contribution is 4.91. The van der Waals surface area contributed by atoms with Gasteiger partial charge in [-0.3, -0.25) is 0 Å². The number of aromatic nitrogens is 3. The van der Waals surface area contributed by atoms with Gasteiger partial charge in [-0.1, -0.05) is 11.3 Å². The van der Waals surface area contributed by atoms with Crippen LogP contribution in [0.5, 0.6) is 0 Å². The van der Waals surface area contributed by atoms with Crippen LogP contribution < -0.4 is 5.32 Å². The molecular formula is C9H16N4O. The minimum atomic E-state index is 0.0900. The van der Waals surface area contributed by atoms with E-state index in [1.165, 1.54) is 0 Å². The number of nitrogens with zero attached hydrogens (tertiary/aromatic N) is 3. The Morgan fingerprint density at radius 3 is 3.21 bits per heavy atom. The van der Waals surface area contributed by atoms with Crippen molar-refractivity contribution in [3.8, 4) is 0 Å². The molecule has 0 radical (unpaired) electrons. The summed E-state index contributed by atoms with van der Waals surface area (Å²) in [5, 5.41) is 19.7. The molecule has 1 aromatic heterocycles. The molecule has 0 spiro atoms. The molecular weight excluding hydrogens is 180 g/mol. The molecule has 1 rings (SSSR count).